The van der Waals surface area contributed by atoms with Crippen molar-refractivity contribution in [2.45, 2.75) is 46.8 Å². The van der Waals surface area contributed by atoms with Crippen LogP contribution in [0.1, 0.15) is 48.1 Å². The number of carbonyl (C=O) groups excluding carboxylic acids is 2. The Labute approximate surface area is 170 Å². The fourth-order valence-electron chi connectivity index (χ4n) is 3.53. The second-order valence-electron chi connectivity index (χ2n) is 7.68. The monoisotopic (exact) mass is 397 g/mol. The Hall–Kier alpha value is -2.86. The van der Waals surface area contributed by atoms with Gasteiger partial charge in [0.25, 0.3) is 11.7 Å². The highest BCUT2D eigenvalue weighted by Gasteiger charge is 2.47. The SMILES string of the molecule is Cc1ccc(C)c(/C(O)=C2\C(=O)C(=O)N(CCOC(C)C)C2c2ccc(C)o2)c1. The minimum Gasteiger partial charge on any atom is -0.507 e. The van der Waals surface area contributed by atoms with Gasteiger partial charge in [-0.1, -0.05) is 17.7 Å². The number of furan rings is 1. The molecule has 1 atom stereocenters. The quantitative estimate of drug-likeness (QED) is 0.452. The fraction of sp³-hybridized carbons (Fsp3) is 0.391. The van der Waals surface area contributed by atoms with Crippen LogP contribution in [0.5, 0.6) is 0 Å². The van der Waals surface area contributed by atoms with Crippen LogP contribution in [0, 0.1) is 20.8 Å². The van der Waals surface area contributed by atoms with E-state index in [0.717, 1.165) is 11.1 Å². The largest absolute Gasteiger partial charge is 0.507 e. The summed E-state index contributed by atoms with van der Waals surface area (Å²) in [6.07, 6.45) is 0.00562. The van der Waals surface area contributed by atoms with Crippen LogP contribution in [0.25, 0.3) is 5.76 Å². The first-order chi connectivity index (χ1) is 13.7. The molecule has 6 heteroatoms. The lowest BCUT2D eigenvalue weighted by Gasteiger charge is -2.23. The van der Waals surface area contributed by atoms with Crippen LogP contribution < -0.4 is 0 Å². The van der Waals surface area contributed by atoms with Gasteiger partial charge in [0.05, 0.1) is 18.3 Å². The van der Waals surface area contributed by atoms with E-state index in [9.17, 15) is 14.7 Å². The number of likely N-dealkylation sites (tertiary alicyclic amines) is 1. The normalized spacial score (nSPS) is 18.8. The summed E-state index contributed by atoms with van der Waals surface area (Å²) < 4.78 is 11.3. The Morgan fingerprint density at radius 1 is 1.17 bits per heavy atom. The van der Waals surface area contributed by atoms with Crippen molar-refractivity contribution in [3.8, 4) is 0 Å². The number of aryl methyl sites for hydroxylation is 3. The Kier molecular flexibility index (Phi) is 5.94. The number of benzene rings is 1. The molecular weight excluding hydrogens is 370 g/mol. The zero-order chi connectivity index (χ0) is 21.3. The topological polar surface area (TPSA) is 80.0 Å². The fourth-order valence-corrected chi connectivity index (χ4v) is 3.53. The first-order valence-electron chi connectivity index (χ1n) is 9.74. The lowest BCUT2D eigenvalue weighted by Crippen LogP contribution is -2.33. The number of nitrogens with zero attached hydrogens (tertiary/aromatic N) is 1. The maximum Gasteiger partial charge on any atom is 0.295 e. The summed E-state index contributed by atoms with van der Waals surface area (Å²) in [5.74, 6) is -0.458. The molecule has 29 heavy (non-hydrogen) atoms. The number of aliphatic hydroxyl groups excluding tert-OH is 1. The summed E-state index contributed by atoms with van der Waals surface area (Å²) in [6.45, 7) is 9.87. The van der Waals surface area contributed by atoms with Crippen molar-refractivity contribution in [1.29, 1.82) is 0 Å². The van der Waals surface area contributed by atoms with E-state index < -0.39 is 17.7 Å². The zero-order valence-electron chi connectivity index (χ0n) is 17.5. The van der Waals surface area contributed by atoms with Gasteiger partial charge in [0.1, 0.15) is 23.3 Å². The van der Waals surface area contributed by atoms with Gasteiger partial charge in [-0.3, -0.25) is 9.59 Å². The number of ketones is 1. The zero-order valence-corrected chi connectivity index (χ0v) is 17.5. The Balaban J connectivity index is 2.11. The summed E-state index contributed by atoms with van der Waals surface area (Å²) >= 11 is 0. The van der Waals surface area contributed by atoms with Gasteiger partial charge in [-0.2, -0.15) is 0 Å². The number of hydrogen-bond donors (Lipinski definition) is 1. The van der Waals surface area contributed by atoms with E-state index in [2.05, 4.69) is 0 Å². The average molecular weight is 397 g/mol. The van der Waals surface area contributed by atoms with Gasteiger partial charge < -0.3 is 19.2 Å². The Bertz CT molecular complexity index is 969. The highest BCUT2D eigenvalue weighted by Crippen LogP contribution is 2.40. The smallest absolute Gasteiger partial charge is 0.295 e. The van der Waals surface area contributed by atoms with Crippen molar-refractivity contribution >= 4 is 17.4 Å². The number of rotatable bonds is 6. The Morgan fingerprint density at radius 3 is 2.52 bits per heavy atom. The van der Waals surface area contributed by atoms with Crippen molar-refractivity contribution in [3.63, 3.8) is 0 Å². The van der Waals surface area contributed by atoms with E-state index in [1.807, 2.05) is 45.9 Å². The standard InChI is InChI=1S/C23H27NO5/c1-13(2)28-11-10-24-20(18-9-8-16(5)29-18)19(22(26)23(24)27)21(25)17-12-14(3)6-7-15(17)4/h6-9,12-13,20,25H,10-11H2,1-5H3/b21-19+. The lowest BCUT2D eigenvalue weighted by atomic mass is 9.96. The molecule has 1 aliphatic heterocycles. The predicted molar refractivity (Wildman–Crippen MR) is 109 cm³/mol. The third-order valence-electron chi connectivity index (χ3n) is 5.00. The molecule has 0 spiro atoms. The van der Waals surface area contributed by atoms with Crippen LogP contribution in [0.15, 0.2) is 40.3 Å². The molecule has 2 heterocycles. The average Bonchev–Trinajstić information content (AvgIpc) is 3.19. The second-order valence-corrected chi connectivity index (χ2v) is 7.68. The maximum absolute atomic E-state index is 12.9. The van der Waals surface area contributed by atoms with E-state index in [1.54, 1.807) is 19.1 Å². The number of Topliss-reactive ketones (excluding diaryl/α,β-unsaturated/α-hetero) is 1. The molecule has 1 saturated heterocycles. The number of aliphatic hydroxyl groups is 1. The molecule has 0 bridgehead atoms. The third kappa shape index (κ3) is 4.12. The highest BCUT2D eigenvalue weighted by molar-refractivity contribution is 6.46. The van der Waals surface area contributed by atoms with Crippen LogP contribution in [0.3, 0.4) is 0 Å². The van der Waals surface area contributed by atoms with Gasteiger partial charge in [0.15, 0.2) is 0 Å². The van der Waals surface area contributed by atoms with Crippen LogP contribution in [-0.4, -0.2) is 41.0 Å². The molecule has 3 rings (SSSR count). The molecule has 154 valence electrons. The molecule has 6 nitrogen and oxygen atoms in total. The molecule has 1 aliphatic rings. The molecular formula is C23H27NO5. The minimum atomic E-state index is -0.792. The molecule has 0 aliphatic carbocycles. The van der Waals surface area contributed by atoms with Crippen LogP contribution in [0.2, 0.25) is 0 Å². The van der Waals surface area contributed by atoms with E-state index in [4.69, 9.17) is 9.15 Å². The number of carbonyl (C=O) groups is 2. The molecule has 2 aromatic rings. The molecule has 0 saturated carbocycles. The number of amides is 1. The third-order valence-corrected chi connectivity index (χ3v) is 5.00. The molecule has 1 N–H and O–H groups in total. The van der Waals surface area contributed by atoms with Crippen molar-refractivity contribution in [1.82, 2.24) is 4.90 Å². The molecule has 1 aromatic carbocycles. The van der Waals surface area contributed by atoms with Gasteiger partial charge in [0, 0.05) is 12.1 Å². The molecule has 1 unspecified atom stereocenters. The number of hydrogen-bond acceptors (Lipinski definition) is 5. The highest BCUT2D eigenvalue weighted by atomic mass is 16.5. The second kappa shape index (κ2) is 8.25. The van der Waals surface area contributed by atoms with E-state index in [1.165, 1.54) is 4.90 Å². The molecule has 0 radical (unpaired) electrons. The summed E-state index contributed by atoms with van der Waals surface area (Å²) in [5.41, 5.74) is 2.34. The minimum absolute atomic E-state index is 0.00562. The first-order valence-corrected chi connectivity index (χ1v) is 9.74. The molecule has 1 fully saturated rings. The van der Waals surface area contributed by atoms with Crippen LogP contribution in [-0.2, 0) is 14.3 Å². The van der Waals surface area contributed by atoms with Crippen LogP contribution in [0.4, 0.5) is 0 Å². The van der Waals surface area contributed by atoms with Crippen molar-refractivity contribution in [2.24, 2.45) is 0 Å². The molecule has 1 aromatic heterocycles. The van der Waals surface area contributed by atoms with Gasteiger partial charge in [0.2, 0.25) is 0 Å². The van der Waals surface area contributed by atoms with E-state index >= 15 is 0 Å². The Morgan fingerprint density at radius 2 is 1.90 bits per heavy atom. The van der Waals surface area contributed by atoms with E-state index in [0.29, 0.717) is 17.1 Å². The predicted octanol–water partition coefficient (Wildman–Crippen LogP) is 4.05. The van der Waals surface area contributed by atoms with E-state index in [-0.39, 0.29) is 30.6 Å². The number of ether oxygens (including phenoxy) is 1. The summed E-state index contributed by atoms with van der Waals surface area (Å²) in [6, 6.07) is 8.34. The van der Waals surface area contributed by atoms with Gasteiger partial charge in [-0.25, -0.2) is 0 Å². The summed E-state index contributed by atoms with van der Waals surface area (Å²) in [5, 5.41) is 11.1. The van der Waals surface area contributed by atoms with Crippen molar-refractivity contribution in [2.75, 3.05) is 13.2 Å². The first kappa shape index (κ1) is 20.9. The lowest BCUT2D eigenvalue weighted by molar-refractivity contribution is -0.140. The van der Waals surface area contributed by atoms with Gasteiger partial charge in [-0.05, 0) is 58.4 Å². The summed E-state index contributed by atoms with van der Waals surface area (Å²) in [7, 11) is 0. The maximum atomic E-state index is 12.9. The van der Waals surface area contributed by atoms with Crippen LogP contribution >= 0.6 is 0 Å². The molecule has 1 amide bonds. The van der Waals surface area contributed by atoms with Gasteiger partial charge >= 0.3 is 0 Å². The van der Waals surface area contributed by atoms with Crippen molar-refractivity contribution < 1.29 is 23.8 Å². The summed E-state index contributed by atoms with van der Waals surface area (Å²) in [4.78, 5) is 27.1. The van der Waals surface area contributed by atoms with Gasteiger partial charge in [-0.15, -0.1) is 0 Å². The van der Waals surface area contributed by atoms with Crippen molar-refractivity contribution in [3.05, 3.63) is 64.1 Å².